The summed E-state index contributed by atoms with van der Waals surface area (Å²) in [5, 5.41) is 0. The van der Waals surface area contributed by atoms with E-state index in [1.54, 1.807) is 7.11 Å². The molecule has 2 aliphatic rings. The molecule has 2 aliphatic heterocycles. The van der Waals surface area contributed by atoms with E-state index in [0.717, 1.165) is 18.4 Å². The highest BCUT2D eigenvalue weighted by molar-refractivity contribution is 5.85. The Labute approximate surface area is 157 Å². The lowest BCUT2D eigenvalue weighted by atomic mass is 9.70. The molecule has 0 saturated carbocycles. The number of ether oxygens (including phenoxy) is 2. The maximum absolute atomic E-state index is 13.5. The monoisotopic (exact) mass is 359 g/mol. The Morgan fingerprint density at radius 3 is 2.15 bits per heavy atom. The van der Waals surface area contributed by atoms with Gasteiger partial charge in [-0.3, -0.25) is 4.79 Å². The highest BCUT2D eigenvalue weighted by Crippen LogP contribution is 2.45. The van der Waals surface area contributed by atoms with Crippen LogP contribution in [0.25, 0.3) is 0 Å². The highest BCUT2D eigenvalue weighted by atomic mass is 16.6. The summed E-state index contributed by atoms with van der Waals surface area (Å²) in [5.41, 5.74) is -1.05. The number of piperidine rings is 1. The zero-order chi connectivity index (χ0) is 19.2. The number of esters is 1. The molecule has 2 bridgehead atoms. The number of carbonyl (C=O) groups excluding carboxylic acids is 1. The van der Waals surface area contributed by atoms with Crippen molar-refractivity contribution < 1.29 is 14.3 Å². The molecule has 3 rings (SSSR count). The molecule has 0 spiro atoms. The molecule has 2 fully saturated rings. The predicted octanol–water partition coefficient (Wildman–Crippen LogP) is 3.93. The molecule has 144 valence electrons. The van der Waals surface area contributed by atoms with Gasteiger partial charge < -0.3 is 14.4 Å². The summed E-state index contributed by atoms with van der Waals surface area (Å²) < 4.78 is 12.0. The Morgan fingerprint density at radius 1 is 1.12 bits per heavy atom. The molecular weight excluding hydrogens is 326 g/mol. The summed E-state index contributed by atoms with van der Waals surface area (Å²) in [5.74, 6) is -0.193. The number of nitrogens with zero attached hydrogens (tertiary/aromatic N) is 1. The third kappa shape index (κ3) is 3.07. The van der Waals surface area contributed by atoms with Crippen LogP contribution in [0.1, 0.15) is 58.9 Å². The van der Waals surface area contributed by atoms with Gasteiger partial charge in [-0.05, 0) is 53.1 Å². The van der Waals surface area contributed by atoms with Crippen molar-refractivity contribution in [3.05, 3.63) is 35.9 Å². The molecule has 26 heavy (non-hydrogen) atoms. The van der Waals surface area contributed by atoms with Gasteiger partial charge in [-0.1, -0.05) is 30.3 Å². The summed E-state index contributed by atoms with van der Waals surface area (Å²) >= 11 is 0. The van der Waals surface area contributed by atoms with Crippen LogP contribution in [-0.4, -0.2) is 48.3 Å². The quantitative estimate of drug-likeness (QED) is 0.747. The molecule has 0 aromatic heterocycles. The molecule has 2 saturated heterocycles. The second-order valence-corrected chi connectivity index (χ2v) is 9.00. The van der Waals surface area contributed by atoms with Crippen LogP contribution in [0.2, 0.25) is 0 Å². The average Bonchev–Trinajstić information content (AvgIpc) is 2.83. The first kappa shape index (κ1) is 19.4. The van der Waals surface area contributed by atoms with Gasteiger partial charge in [-0.2, -0.15) is 0 Å². The fraction of sp³-hybridized carbons (Fsp3) is 0.682. The van der Waals surface area contributed by atoms with Crippen molar-refractivity contribution in [2.24, 2.45) is 0 Å². The number of carbonyl (C=O) groups is 1. The summed E-state index contributed by atoms with van der Waals surface area (Å²) in [6.07, 6.45) is 4.22. The van der Waals surface area contributed by atoms with Gasteiger partial charge in [0.05, 0.1) is 5.60 Å². The van der Waals surface area contributed by atoms with Gasteiger partial charge >= 0.3 is 5.97 Å². The minimum atomic E-state index is -0.881. The number of hydrogen-bond acceptors (Lipinski definition) is 4. The SMILES string of the molecule is COC(C)(C)C(C)(C(=O)OC1(C)CC2CC[C@H](C1)N2C)c1ccccc1. The molecule has 4 heteroatoms. The van der Waals surface area contributed by atoms with Gasteiger partial charge in [0.2, 0.25) is 0 Å². The molecule has 4 atom stereocenters. The second-order valence-electron chi connectivity index (χ2n) is 9.00. The van der Waals surface area contributed by atoms with Gasteiger partial charge in [-0.25, -0.2) is 0 Å². The van der Waals surface area contributed by atoms with Gasteiger partial charge in [0, 0.05) is 32.0 Å². The van der Waals surface area contributed by atoms with Crippen molar-refractivity contribution in [3.8, 4) is 0 Å². The minimum Gasteiger partial charge on any atom is -0.459 e. The van der Waals surface area contributed by atoms with Crippen LogP contribution in [0.4, 0.5) is 0 Å². The van der Waals surface area contributed by atoms with E-state index >= 15 is 0 Å². The summed E-state index contributed by atoms with van der Waals surface area (Å²) in [4.78, 5) is 16.0. The topological polar surface area (TPSA) is 38.8 Å². The van der Waals surface area contributed by atoms with Crippen LogP contribution in [0.3, 0.4) is 0 Å². The van der Waals surface area contributed by atoms with Crippen molar-refractivity contribution in [1.29, 1.82) is 0 Å². The number of rotatable bonds is 5. The van der Waals surface area contributed by atoms with E-state index in [4.69, 9.17) is 9.47 Å². The molecule has 0 radical (unpaired) electrons. The zero-order valence-electron chi connectivity index (χ0n) is 17.0. The molecule has 0 N–H and O–H groups in total. The molecule has 3 unspecified atom stereocenters. The van der Waals surface area contributed by atoms with Gasteiger partial charge in [-0.15, -0.1) is 0 Å². The predicted molar refractivity (Wildman–Crippen MR) is 103 cm³/mol. The van der Waals surface area contributed by atoms with E-state index in [0.29, 0.717) is 12.1 Å². The first-order valence-electron chi connectivity index (χ1n) is 9.69. The Kier molecular flexibility index (Phi) is 4.95. The van der Waals surface area contributed by atoms with Gasteiger partial charge in [0.1, 0.15) is 11.0 Å². The van der Waals surface area contributed by atoms with Crippen molar-refractivity contribution >= 4 is 5.97 Å². The van der Waals surface area contributed by atoms with Crippen molar-refractivity contribution in [1.82, 2.24) is 4.90 Å². The van der Waals surface area contributed by atoms with Crippen LogP contribution < -0.4 is 0 Å². The fourth-order valence-electron chi connectivity index (χ4n) is 4.76. The maximum Gasteiger partial charge on any atom is 0.319 e. The van der Waals surface area contributed by atoms with Crippen LogP contribution in [-0.2, 0) is 19.7 Å². The van der Waals surface area contributed by atoms with Crippen molar-refractivity contribution in [3.63, 3.8) is 0 Å². The van der Waals surface area contributed by atoms with Gasteiger partial charge in [0.15, 0.2) is 0 Å². The Balaban J connectivity index is 1.90. The van der Waals surface area contributed by atoms with E-state index < -0.39 is 16.6 Å². The number of fused-ring (bicyclic) bond motifs is 2. The van der Waals surface area contributed by atoms with Gasteiger partial charge in [0.25, 0.3) is 0 Å². The van der Waals surface area contributed by atoms with E-state index in [1.165, 1.54) is 12.8 Å². The molecule has 1 aromatic carbocycles. The Bertz CT molecular complexity index is 643. The first-order valence-corrected chi connectivity index (χ1v) is 9.69. The second kappa shape index (κ2) is 6.65. The van der Waals surface area contributed by atoms with Crippen LogP contribution >= 0.6 is 0 Å². The fourth-order valence-corrected chi connectivity index (χ4v) is 4.76. The third-order valence-electron chi connectivity index (χ3n) is 7.13. The lowest BCUT2D eigenvalue weighted by Gasteiger charge is -2.47. The molecule has 1 aromatic rings. The lowest BCUT2D eigenvalue weighted by Crippen LogP contribution is -2.57. The maximum atomic E-state index is 13.5. The van der Waals surface area contributed by atoms with E-state index in [-0.39, 0.29) is 5.97 Å². The zero-order valence-corrected chi connectivity index (χ0v) is 17.0. The summed E-state index contributed by atoms with van der Waals surface area (Å²) in [7, 11) is 3.86. The highest BCUT2D eigenvalue weighted by Gasteiger charge is 2.54. The van der Waals surface area contributed by atoms with E-state index in [2.05, 4.69) is 18.9 Å². The largest absolute Gasteiger partial charge is 0.459 e. The van der Waals surface area contributed by atoms with Crippen LogP contribution in [0.15, 0.2) is 30.3 Å². The first-order chi connectivity index (χ1) is 12.1. The molecule has 0 amide bonds. The van der Waals surface area contributed by atoms with Crippen molar-refractivity contribution in [2.45, 2.75) is 82.1 Å². The number of hydrogen-bond donors (Lipinski definition) is 0. The number of benzene rings is 1. The Morgan fingerprint density at radius 2 is 1.65 bits per heavy atom. The Hall–Kier alpha value is -1.39. The molecule has 2 heterocycles. The lowest BCUT2D eigenvalue weighted by molar-refractivity contribution is -0.182. The van der Waals surface area contributed by atoms with Crippen LogP contribution in [0, 0.1) is 0 Å². The van der Waals surface area contributed by atoms with Crippen molar-refractivity contribution in [2.75, 3.05) is 14.2 Å². The van der Waals surface area contributed by atoms with E-state index in [1.807, 2.05) is 51.1 Å². The third-order valence-corrected chi connectivity index (χ3v) is 7.13. The standard InChI is InChI=1S/C22H33NO3/c1-20(2,25-6)22(4,16-10-8-7-9-11-16)19(24)26-21(3)14-17-12-13-18(15-21)23(17)5/h7-11,17-18H,12-15H2,1-6H3/t17-,18?,21?,22?/m1/s1. The average molecular weight is 360 g/mol. The molecule has 4 nitrogen and oxygen atoms in total. The molecule has 0 aliphatic carbocycles. The number of methoxy groups -OCH3 is 1. The van der Waals surface area contributed by atoms with E-state index in [9.17, 15) is 4.79 Å². The summed E-state index contributed by atoms with van der Waals surface area (Å²) in [6, 6.07) is 10.9. The summed E-state index contributed by atoms with van der Waals surface area (Å²) in [6.45, 7) is 7.97. The smallest absolute Gasteiger partial charge is 0.319 e. The minimum absolute atomic E-state index is 0.193. The molecular formula is C22H33NO3. The normalized spacial score (nSPS) is 31.5. The van der Waals surface area contributed by atoms with Crippen LogP contribution in [0.5, 0.6) is 0 Å².